The first-order valence-electron chi connectivity index (χ1n) is 9.61. The van der Waals surface area contributed by atoms with Gasteiger partial charge in [-0.2, -0.15) is 0 Å². The number of nitrogens with zero attached hydrogens (tertiary/aromatic N) is 2. The molecule has 1 fully saturated rings. The first-order valence-corrected chi connectivity index (χ1v) is 12.4. The number of rotatable bonds is 6. The fourth-order valence-electron chi connectivity index (χ4n) is 3.08. The summed E-state index contributed by atoms with van der Waals surface area (Å²) in [6, 6.07) is 16.3. The molecule has 34 heavy (non-hydrogen) atoms. The average Bonchev–Trinajstić information content (AvgIpc) is 3.07. The molecule has 0 atom stereocenters. The zero-order valence-electron chi connectivity index (χ0n) is 17.0. The molecule has 0 radical (unpaired) electrons. The third-order valence-electron chi connectivity index (χ3n) is 4.76. The van der Waals surface area contributed by atoms with Crippen LogP contribution in [0, 0.1) is 10.1 Å². The van der Waals surface area contributed by atoms with Gasteiger partial charge in [0.25, 0.3) is 11.6 Å². The number of nitro benzene ring substituents is 1. The van der Waals surface area contributed by atoms with E-state index in [0.717, 1.165) is 11.1 Å². The molecule has 4 rings (SSSR count). The molecule has 1 aliphatic heterocycles. The van der Waals surface area contributed by atoms with Gasteiger partial charge in [0.05, 0.1) is 20.0 Å². The van der Waals surface area contributed by atoms with Crippen molar-refractivity contribution in [2.45, 2.75) is 6.61 Å². The number of anilines is 1. The summed E-state index contributed by atoms with van der Waals surface area (Å²) in [5, 5.41) is 11.9. The largest absolute Gasteiger partial charge is 0.488 e. The van der Waals surface area contributed by atoms with Gasteiger partial charge in [0.1, 0.15) is 12.4 Å². The Morgan fingerprint density at radius 2 is 1.85 bits per heavy atom. The fraction of sp³-hybridized carbons (Fsp3) is 0.0435. The van der Waals surface area contributed by atoms with E-state index < -0.39 is 4.92 Å². The van der Waals surface area contributed by atoms with Gasteiger partial charge in [-0.05, 0) is 64.0 Å². The van der Waals surface area contributed by atoms with Gasteiger partial charge in [0.15, 0.2) is 4.32 Å². The number of thioether (sulfide) groups is 1. The van der Waals surface area contributed by atoms with Gasteiger partial charge in [-0.3, -0.25) is 19.8 Å². The Morgan fingerprint density at radius 1 is 1.12 bits per heavy atom. The highest BCUT2D eigenvalue weighted by Gasteiger charge is 2.33. The summed E-state index contributed by atoms with van der Waals surface area (Å²) in [6.45, 7) is 0.266. The lowest BCUT2D eigenvalue weighted by Gasteiger charge is -2.14. The molecule has 0 N–H and O–H groups in total. The standard InChI is InChI=1S/C23H13BrCl2N2O4S2/c24-18-9-13(1-8-20(18)32-12-14-2-3-15(25)11-19(14)26)10-21-22(29)27(23(33)34-21)16-4-6-17(7-5-16)28(30)31/h1-11H,12H2/b21-10-. The fourth-order valence-corrected chi connectivity index (χ4v) is 5.36. The summed E-state index contributed by atoms with van der Waals surface area (Å²) < 4.78 is 6.92. The van der Waals surface area contributed by atoms with Crippen LogP contribution in [0.5, 0.6) is 5.75 Å². The van der Waals surface area contributed by atoms with Gasteiger partial charge in [-0.15, -0.1) is 0 Å². The highest BCUT2D eigenvalue weighted by Crippen LogP contribution is 2.37. The smallest absolute Gasteiger partial charge is 0.270 e. The minimum Gasteiger partial charge on any atom is -0.488 e. The van der Waals surface area contributed by atoms with E-state index in [1.807, 2.05) is 12.1 Å². The molecule has 1 saturated heterocycles. The second kappa shape index (κ2) is 10.5. The Labute approximate surface area is 222 Å². The number of halogens is 3. The maximum absolute atomic E-state index is 13.0. The maximum Gasteiger partial charge on any atom is 0.270 e. The number of ether oxygens (including phenoxy) is 1. The number of hydrogen-bond donors (Lipinski definition) is 0. The lowest BCUT2D eigenvalue weighted by molar-refractivity contribution is -0.384. The van der Waals surface area contributed by atoms with Gasteiger partial charge in [0, 0.05) is 27.7 Å². The van der Waals surface area contributed by atoms with Crippen molar-refractivity contribution in [1.29, 1.82) is 0 Å². The quantitative estimate of drug-likeness (QED) is 0.126. The zero-order chi connectivity index (χ0) is 24.4. The minimum atomic E-state index is -0.497. The first kappa shape index (κ1) is 24.7. The molecule has 0 saturated carbocycles. The Bertz CT molecular complexity index is 1350. The van der Waals surface area contributed by atoms with E-state index in [1.165, 1.54) is 40.9 Å². The molecule has 3 aromatic rings. The molecule has 3 aromatic carbocycles. The topological polar surface area (TPSA) is 72.7 Å². The molecule has 0 unspecified atom stereocenters. The molecule has 6 nitrogen and oxygen atoms in total. The van der Waals surface area contributed by atoms with Crippen LogP contribution in [0.2, 0.25) is 10.0 Å². The molecule has 0 spiro atoms. The Morgan fingerprint density at radius 3 is 2.50 bits per heavy atom. The van der Waals surface area contributed by atoms with E-state index in [4.69, 9.17) is 40.2 Å². The summed E-state index contributed by atoms with van der Waals surface area (Å²) in [4.78, 5) is 25.1. The van der Waals surface area contributed by atoms with E-state index >= 15 is 0 Å². The van der Waals surface area contributed by atoms with Crippen LogP contribution in [0.3, 0.4) is 0 Å². The van der Waals surface area contributed by atoms with E-state index in [1.54, 1.807) is 30.3 Å². The van der Waals surface area contributed by atoms with Crippen molar-refractivity contribution >= 4 is 90.8 Å². The molecule has 172 valence electrons. The van der Waals surface area contributed by atoms with Crippen molar-refractivity contribution in [3.63, 3.8) is 0 Å². The summed E-state index contributed by atoms with van der Waals surface area (Å²) in [7, 11) is 0. The van der Waals surface area contributed by atoms with Gasteiger partial charge in [-0.25, -0.2) is 0 Å². The highest BCUT2D eigenvalue weighted by atomic mass is 79.9. The molecule has 0 aliphatic carbocycles. The van der Waals surface area contributed by atoms with Crippen LogP contribution < -0.4 is 9.64 Å². The first-order chi connectivity index (χ1) is 16.2. The summed E-state index contributed by atoms with van der Waals surface area (Å²) >= 11 is 22.2. The van der Waals surface area contributed by atoms with Crippen molar-refractivity contribution in [2.24, 2.45) is 0 Å². The van der Waals surface area contributed by atoms with Crippen LogP contribution >= 0.6 is 63.1 Å². The number of non-ortho nitro benzene ring substituents is 1. The van der Waals surface area contributed by atoms with Crippen LogP contribution in [-0.4, -0.2) is 15.2 Å². The van der Waals surface area contributed by atoms with Crippen LogP contribution in [0.4, 0.5) is 11.4 Å². The van der Waals surface area contributed by atoms with Gasteiger partial charge in [-0.1, -0.05) is 59.3 Å². The van der Waals surface area contributed by atoms with Gasteiger partial charge in [0.2, 0.25) is 0 Å². The Kier molecular flexibility index (Phi) is 7.59. The second-order valence-corrected chi connectivity index (χ2v) is 10.4. The second-order valence-electron chi connectivity index (χ2n) is 7.00. The van der Waals surface area contributed by atoms with E-state index in [0.29, 0.717) is 35.2 Å². The molecule has 11 heteroatoms. The number of nitro groups is 1. The van der Waals surface area contributed by atoms with E-state index in [-0.39, 0.29) is 18.2 Å². The third-order valence-corrected chi connectivity index (χ3v) is 7.27. The molecular weight excluding hydrogens is 583 g/mol. The Hall–Kier alpha value is -2.43. The number of thiocarbonyl (C=S) groups is 1. The molecule has 1 aliphatic rings. The maximum atomic E-state index is 13.0. The molecule has 1 amide bonds. The summed E-state index contributed by atoms with van der Waals surface area (Å²) in [6.07, 6.45) is 1.73. The predicted octanol–water partition coefficient (Wildman–Crippen LogP) is 7.65. The SMILES string of the molecule is O=C1/C(=C/c2ccc(OCc3ccc(Cl)cc3Cl)c(Br)c2)SC(=S)N1c1ccc([N+](=O)[O-])cc1. The highest BCUT2D eigenvalue weighted by molar-refractivity contribution is 9.10. The van der Waals surface area contributed by atoms with Crippen molar-refractivity contribution < 1.29 is 14.5 Å². The van der Waals surface area contributed by atoms with Crippen molar-refractivity contribution in [2.75, 3.05) is 4.90 Å². The number of hydrogen-bond acceptors (Lipinski definition) is 6. The van der Waals surface area contributed by atoms with Crippen LogP contribution in [-0.2, 0) is 11.4 Å². The van der Waals surface area contributed by atoms with E-state index in [9.17, 15) is 14.9 Å². The predicted molar refractivity (Wildman–Crippen MR) is 144 cm³/mol. The normalized spacial score (nSPS) is 14.7. The lowest BCUT2D eigenvalue weighted by Crippen LogP contribution is -2.27. The van der Waals surface area contributed by atoms with Crippen LogP contribution in [0.1, 0.15) is 11.1 Å². The summed E-state index contributed by atoms with van der Waals surface area (Å²) in [5.41, 5.74) is 1.99. The number of carbonyl (C=O) groups is 1. The van der Waals surface area contributed by atoms with Gasteiger partial charge >= 0.3 is 0 Å². The number of amides is 1. The zero-order valence-corrected chi connectivity index (χ0v) is 21.8. The monoisotopic (exact) mass is 594 g/mol. The molecular formula is C23H13BrCl2N2O4S2. The number of carbonyl (C=O) groups excluding carboxylic acids is 1. The molecule has 1 heterocycles. The van der Waals surface area contributed by atoms with Crippen molar-refractivity contribution in [3.05, 3.63) is 101 Å². The average molecular weight is 596 g/mol. The minimum absolute atomic E-state index is 0.0600. The van der Waals surface area contributed by atoms with Crippen molar-refractivity contribution in [3.8, 4) is 5.75 Å². The van der Waals surface area contributed by atoms with Crippen LogP contribution in [0.15, 0.2) is 70.0 Å². The molecule has 0 bridgehead atoms. The lowest BCUT2D eigenvalue weighted by atomic mass is 10.2. The van der Waals surface area contributed by atoms with Crippen molar-refractivity contribution in [1.82, 2.24) is 0 Å². The number of benzene rings is 3. The van der Waals surface area contributed by atoms with E-state index in [2.05, 4.69) is 15.9 Å². The third kappa shape index (κ3) is 5.45. The molecule has 0 aromatic heterocycles. The van der Waals surface area contributed by atoms with Crippen LogP contribution in [0.25, 0.3) is 6.08 Å². The Balaban J connectivity index is 1.49. The summed E-state index contributed by atoms with van der Waals surface area (Å²) in [5.74, 6) is 0.319. The van der Waals surface area contributed by atoms with Gasteiger partial charge < -0.3 is 4.74 Å².